The molecule has 0 aliphatic heterocycles. The minimum absolute atomic E-state index is 0.00322. The molecule has 1 aliphatic rings. The third-order valence-corrected chi connectivity index (χ3v) is 3.25. The number of benzene rings is 1. The van der Waals surface area contributed by atoms with Gasteiger partial charge in [-0.15, -0.1) is 0 Å². The van der Waals surface area contributed by atoms with Gasteiger partial charge in [-0.25, -0.2) is 0 Å². The normalized spacial score (nSPS) is 12.9. The van der Waals surface area contributed by atoms with Crippen LogP contribution in [0.2, 0.25) is 0 Å². The average molecular weight is 270 g/mol. The van der Waals surface area contributed by atoms with Gasteiger partial charge in [-0.2, -0.15) is 0 Å². The van der Waals surface area contributed by atoms with Gasteiger partial charge in [0, 0.05) is 12.5 Å². The minimum atomic E-state index is -0.445. The van der Waals surface area contributed by atoms with Gasteiger partial charge in [-0.3, -0.25) is 14.4 Å². The lowest BCUT2D eigenvalue weighted by Crippen LogP contribution is -2.19. The van der Waals surface area contributed by atoms with Crippen LogP contribution in [0.15, 0.2) is 28.7 Å². The zero-order valence-corrected chi connectivity index (χ0v) is 10.9. The summed E-state index contributed by atoms with van der Waals surface area (Å²) in [5, 5.41) is 0. The molecule has 5 nitrogen and oxygen atoms in total. The van der Waals surface area contributed by atoms with Crippen molar-refractivity contribution in [2.75, 3.05) is 7.11 Å². The molecule has 5 heteroatoms. The molecule has 0 saturated carbocycles. The number of rotatable bonds is 2. The van der Waals surface area contributed by atoms with Crippen LogP contribution in [0, 0.1) is 0 Å². The second kappa shape index (κ2) is 4.16. The highest BCUT2D eigenvalue weighted by Gasteiger charge is 2.36. The van der Waals surface area contributed by atoms with Crippen LogP contribution < -0.4 is 4.74 Å². The van der Waals surface area contributed by atoms with Gasteiger partial charge >= 0.3 is 0 Å². The molecule has 0 spiro atoms. The summed E-state index contributed by atoms with van der Waals surface area (Å²) in [5.74, 6) is -0.909. The topological polar surface area (TPSA) is 73.6 Å². The van der Waals surface area contributed by atoms with E-state index < -0.39 is 5.78 Å². The van der Waals surface area contributed by atoms with Crippen LogP contribution in [-0.4, -0.2) is 24.5 Å². The molecule has 0 atom stereocenters. The summed E-state index contributed by atoms with van der Waals surface area (Å²) in [6, 6.07) is 6.12. The smallest absolute Gasteiger partial charge is 0.233 e. The van der Waals surface area contributed by atoms with Gasteiger partial charge in [0.05, 0.1) is 18.2 Å². The Hall–Kier alpha value is -2.69. The second-order valence-electron chi connectivity index (χ2n) is 4.45. The lowest BCUT2D eigenvalue weighted by Gasteiger charge is -2.15. The first-order valence-corrected chi connectivity index (χ1v) is 5.95. The number of hydrogen-bond donors (Lipinski definition) is 0. The molecule has 0 bridgehead atoms. The fourth-order valence-electron chi connectivity index (χ4n) is 2.29. The Morgan fingerprint density at radius 1 is 1.15 bits per heavy atom. The molecule has 100 valence electrons. The van der Waals surface area contributed by atoms with Crippen molar-refractivity contribution in [1.82, 2.24) is 0 Å². The predicted octanol–water partition coefficient (Wildman–Crippen LogP) is 2.27. The van der Waals surface area contributed by atoms with Crippen molar-refractivity contribution in [1.29, 1.82) is 0 Å². The van der Waals surface area contributed by atoms with E-state index >= 15 is 0 Å². The maximum atomic E-state index is 12.4. The first-order valence-electron chi connectivity index (χ1n) is 5.95. The highest BCUT2D eigenvalue weighted by Crippen LogP contribution is 2.34. The van der Waals surface area contributed by atoms with Crippen molar-refractivity contribution in [2.45, 2.75) is 6.92 Å². The number of methoxy groups -OCH3 is 1. The molecule has 20 heavy (non-hydrogen) atoms. The summed E-state index contributed by atoms with van der Waals surface area (Å²) in [7, 11) is 1.42. The van der Waals surface area contributed by atoms with E-state index in [4.69, 9.17) is 9.15 Å². The Morgan fingerprint density at radius 3 is 2.55 bits per heavy atom. The van der Waals surface area contributed by atoms with Crippen LogP contribution in [0.5, 0.6) is 5.75 Å². The molecular weight excluding hydrogens is 260 g/mol. The fourth-order valence-corrected chi connectivity index (χ4v) is 2.29. The maximum absolute atomic E-state index is 12.4. The summed E-state index contributed by atoms with van der Waals surface area (Å²) < 4.78 is 10.4. The van der Waals surface area contributed by atoms with Gasteiger partial charge in [0.25, 0.3) is 0 Å². The van der Waals surface area contributed by atoms with Crippen LogP contribution in [0.3, 0.4) is 0 Å². The predicted molar refractivity (Wildman–Crippen MR) is 68.6 cm³/mol. The summed E-state index contributed by atoms with van der Waals surface area (Å²) in [6.07, 6.45) is 0. The standard InChI is InChI=1S/C15H10O5/c1-7(16)11-6-9-13(17)8-4-3-5-10(19-2)12(8)14(18)15(9)20-11/h3-6H,1-2H3. The van der Waals surface area contributed by atoms with Crippen LogP contribution in [0.4, 0.5) is 0 Å². The maximum Gasteiger partial charge on any atom is 0.233 e. The summed E-state index contributed by atoms with van der Waals surface area (Å²) in [6.45, 7) is 1.31. The number of hydrogen-bond acceptors (Lipinski definition) is 5. The second-order valence-corrected chi connectivity index (χ2v) is 4.45. The number of carbonyl (C=O) groups excluding carboxylic acids is 3. The molecule has 2 aromatic rings. The largest absolute Gasteiger partial charge is 0.496 e. The Morgan fingerprint density at radius 2 is 1.90 bits per heavy atom. The lowest BCUT2D eigenvalue weighted by atomic mass is 9.88. The molecule has 0 fully saturated rings. The third-order valence-electron chi connectivity index (χ3n) is 3.25. The molecule has 0 N–H and O–H groups in total. The monoisotopic (exact) mass is 270 g/mol. The number of ketones is 3. The van der Waals surface area contributed by atoms with E-state index in [0.29, 0.717) is 5.75 Å². The Labute approximate surface area is 114 Å². The number of ether oxygens (including phenoxy) is 1. The van der Waals surface area contributed by atoms with Gasteiger partial charge in [0.1, 0.15) is 5.75 Å². The summed E-state index contributed by atoms with van der Waals surface area (Å²) in [5.41, 5.74) is 0.565. The molecule has 0 saturated heterocycles. The fraction of sp³-hybridized carbons (Fsp3) is 0.133. The number of furan rings is 1. The first-order chi connectivity index (χ1) is 9.54. The first kappa shape index (κ1) is 12.3. The van der Waals surface area contributed by atoms with Crippen molar-refractivity contribution < 1.29 is 23.5 Å². The Balaban J connectivity index is 2.28. The van der Waals surface area contributed by atoms with E-state index in [2.05, 4.69) is 0 Å². The molecular formula is C15H10O5. The van der Waals surface area contributed by atoms with Crippen molar-refractivity contribution in [3.8, 4) is 5.75 Å². The SMILES string of the molecule is COc1cccc2c1C(=O)c1oc(C(C)=O)cc1C2=O. The van der Waals surface area contributed by atoms with Gasteiger partial charge < -0.3 is 9.15 Å². The molecule has 0 amide bonds. The van der Waals surface area contributed by atoms with Crippen molar-refractivity contribution in [2.24, 2.45) is 0 Å². The number of fused-ring (bicyclic) bond motifs is 2. The summed E-state index contributed by atoms with van der Waals surface area (Å²) >= 11 is 0. The quantitative estimate of drug-likeness (QED) is 0.668. The van der Waals surface area contributed by atoms with Gasteiger partial charge in [-0.1, -0.05) is 12.1 Å². The van der Waals surface area contributed by atoms with Crippen molar-refractivity contribution in [3.63, 3.8) is 0 Å². The lowest BCUT2D eigenvalue weighted by molar-refractivity contribution is 0.0945. The Kier molecular flexibility index (Phi) is 2.57. The molecule has 1 aromatic heterocycles. The number of Topliss-reactive ketones (excluding diaryl/α,β-unsaturated/α-hetero) is 1. The van der Waals surface area contributed by atoms with E-state index in [9.17, 15) is 14.4 Å². The number of carbonyl (C=O) groups is 3. The Bertz CT molecular complexity index is 767. The van der Waals surface area contributed by atoms with Gasteiger partial charge in [-0.05, 0) is 12.1 Å². The van der Waals surface area contributed by atoms with Crippen LogP contribution in [0.25, 0.3) is 0 Å². The van der Waals surface area contributed by atoms with E-state index in [1.54, 1.807) is 18.2 Å². The van der Waals surface area contributed by atoms with Gasteiger partial charge in [0.2, 0.25) is 5.78 Å². The average Bonchev–Trinajstić information content (AvgIpc) is 2.89. The molecule has 1 aliphatic carbocycles. The zero-order chi connectivity index (χ0) is 14.4. The van der Waals surface area contributed by atoms with Crippen molar-refractivity contribution >= 4 is 17.3 Å². The minimum Gasteiger partial charge on any atom is -0.496 e. The van der Waals surface area contributed by atoms with E-state index in [1.165, 1.54) is 20.1 Å². The molecule has 1 heterocycles. The zero-order valence-electron chi connectivity index (χ0n) is 10.9. The van der Waals surface area contributed by atoms with Gasteiger partial charge in [0.15, 0.2) is 23.1 Å². The van der Waals surface area contributed by atoms with E-state index in [1.807, 2.05) is 0 Å². The van der Waals surface area contributed by atoms with E-state index in [-0.39, 0.29) is 39.8 Å². The highest BCUT2D eigenvalue weighted by atomic mass is 16.5. The highest BCUT2D eigenvalue weighted by molar-refractivity contribution is 6.28. The summed E-state index contributed by atoms with van der Waals surface area (Å²) in [4.78, 5) is 36.1. The molecule has 1 aromatic carbocycles. The van der Waals surface area contributed by atoms with E-state index in [0.717, 1.165) is 0 Å². The molecule has 3 rings (SSSR count). The van der Waals surface area contributed by atoms with Crippen LogP contribution >= 0.6 is 0 Å². The molecule has 0 radical (unpaired) electrons. The van der Waals surface area contributed by atoms with Crippen molar-refractivity contribution in [3.05, 3.63) is 52.5 Å². The molecule has 0 unspecified atom stereocenters. The third kappa shape index (κ3) is 1.53. The van der Waals surface area contributed by atoms with Crippen LogP contribution in [0.1, 0.15) is 49.5 Å². The van der Waals surface area contributed by atoms with Crippen LogP contribution in [-0.2, 0) is 0 Å².